The number of benzene rings is 2. The van der Waals surface area contributed by atoms with Gasteiger partial charge in [0.2, 0.25) is 5.91 Å². The topological polar surface area (TPSA) is 91.0 Å². The predicted octanol–water partition coefficient (Wildman–Crippen LogP) is 2.56. The maximum atomic E-state index is 13.3. The van der Waals surface area contributed by atoms with E-state index in [1.165, 1.54) is 0 Å². The van der Waals surface area contributed by atoms with Gasteiger partial charge in [-0.05, 0) is 49.2 Å². The van der Waals surface area contributed by atoms with Gasteiger partial charge in [0.15, 0.2) is 0 Å². The summed E-state index contributed by atoms with van der Waals surface area (Å²) in [7, 11) is 1.61. The summed E-state index contributed by atoms with van der Waals surface area (Å²) in [6.07, 6.45) is 0. The highest BCUT2D eigenvalue weighted by atomic mass is 16.5. The zero-order valence-electron chi connectivity index (χ0n) is 17.8. The summed E-state index contributed by atoms with van der Waals surface area (Å²) in [6, 6.07) is 12.1. The van der Waals surface area contributed by atoms with E-state index in [2.05, 4.69) is 10.6 Å². The van der Waals surface area contributed by atoms with Crippen molar-refractivity contribution in [2.75, 3.05) is 32.1 Å². The van der Waals surface area contributed by atoms with Crippen LogP contribution in [0.4, 0.5) is 10.5 Å². The number of carbonyl (C=O) groups is 3. The fourth-order valence-electron chi connectivity index (χ4n) is 3.94. The van der Waals surface area contributed by atoms with Crippen LogP contribution in [0.5, 0.6) is 5.75 Å². The SMILES string of the molecule is COc1ccc(-c2ccc3c(c2)C(=O)N2CCN(C(=O)NC(C)C)CC2C(=O)N3)cc1. The minimum atomic E-state index is -0.726. The van der Waals surface area contributed by atoms with E-state index >= 15 is 0 Å². The van der Waals surface area contributed by atoms with Crippen molar-refractivity contribution >= 4 is 23.5 Å². The first-order valence-corrected chi connectivity index (χ1v) is 10.3. The van der Waals surface area contributed by atoms with Crippen molar-refractivity contribution in [3.63, 3.8) is 0 Å². The van der Waals surface area contributed by atoms with Crippen LogP contribution in [0.2, 0.25) is 0 Å². The third-order valence-corrected chi connectivity index (χ3v) is 5.57. The van der Waals surface area contributed by atoms with Gasteiger partial charge in [-0.25, -0.2) is 4.79 Å². The van der Waals surface area contributed by atoms with Gasteiger partial charge in [0.1, 0.15) is 11.8 Å². The van der Waals surface area contributed by atoms with Gasteiger partial charge in [0.25, 0.3) is 5.91 Å². The van der Waals surface area contributed by atoms with E-state index in [0.29, 0.717) is 24.3 Å². The number of nitrogens with zero attached hydrogens (tertiary/aromatic N) is 2. The number of rotatable bonds is 3. The van der Waals surface area contributed by atoms with Crippen LogP contribution in [0.15, 0.2) is 42.5 Å². The Morgan fingerprint density at radius 2 is 1.81 bits per heavy atom. The number of piperazine rings is 1. The molecule has 0 aliphatic carbocycles. The van der Waals surface area contributed by atoms with Crippen LogP contribution in [0.3, 0.4) is 0 Å². The number of nitrogens with one attached hydrogen (secondary N) is 2. The van der Waals surface area contributed by atoms with E-state index in [1.54, 1.807) is 29.0 Å². The first-order valence-electron chi connectivity index (χ1n) is 10.3. The summed E-state index contributed by atoms with van der Waals surface area (Å²) in [5, 5.41) is 5.71. The molecule has 2 aromatic carbocycles. The Labute approximate surface area is 181 Å². The summed E-state index contributed by atoms with van der Waals surface area (Å²) < 4.78 is 5.21. The standard InChI is InChI=1S/C23H26N4O4/c1-14(2)24-23(30)26-10-11-27-20(13-26)21(28)25-19-9-6-16(12-18(19)22(27)29)15-4-7-17(31-3)8-5-15/h4-9,12,14,20H,10-11,13H2,1-3H3,(H,24,30)(H,25,28). The maximum absolute atomic E-state index is 13.3. The average Bonchev–Trinajstić information content (AvgIpc) is 2.87. The molecular weight excluding hydrogens is 396 g/mol. The third kappa shape index (κ3) is 4.05. The first-order chi connectivity index (χ1) is 14.9. The van der Waals surface area contributed by atoms with Crippen LogP contribution >= 0.6 is 0 Å². The van der Waals surface area contributed by atoms with Crippen molar-refractivity contribution in [2.45, 2.75) is 25.9 Å². The molecule has 2 aliphatic rings. The molecule has 2 heterocycles. The van der Waals surface area contributed by atoms with Gasteiger partial charge < -0.3 is 25.2 Å². The fourth-order valence-corrected chi connectivity index (χ4v) is 3.94. The molecule has 0 radical (unpaired) electrons. The molecule has 2 aromatic rings. The largest absolute Gasteiger partial charge is 0.497 e. The molecule has 4 rings (SSSR count). The number of methoxy groups -OCH3 is 1. The van der Waals surface area contributed by atoms with Crippen molar-refractivity contribution in [2.24, 2.45) is 0 Å². The molecule has 0 saturated carbocycles. The Hall–Kier alpha value is -3.55. The molecule has 1 atom stereocenters. The molecule has 2 aliphatic heterocycles. The van der Waals surface area contributed by atoms with Gasteiger partial charge in [-0.15, -0.1) is 0 Å². The maximum Gasteiger partial charge on any atom is 0.317 e. The predicted molar refractivity (Wildman–Crippen MR) is 117 cm³/mol. The van der Waals surface area contributed by atoms with Gasteiger partial charge in [0.05, 0.1) is 24.9 Å². The molecule has 4 amide bonds. The number of anilines is 1. The van der Waals surface area contributed by atoms with Crippen LogP contribution < -0.4 is 15.4 Å². The molecular formula is C23H26N4O4. The normalized spacial score (nSPS) is 18.1. The first kappa shape index (κ1) is 20.7. The zero-order valence-corrected chi connectivity index (χ0v) is 17.8. The van der Waals surface area contributed by atoms with E-state index in [-0.39, 0.29) is 30.4 Å². The molecule has 1 unspecified atom stereocenters. The van der Waals surface area contributed by atoms with Gasteiger partial charge in [0, 0.05) is 19.1 Å². The van der Waals surface area contributed by atoms with Crippen molar-refractivity contribution in [3.05, 3.63) is 48.0 Å². The van der Waals surface area contributed by atoms with Crippen molar-refractivity contribution in [1.82, 2.24) is 15.1 Å². The van der Waals surface area contributed by atoms with Crippen molar-refractivity contribution in [1.29, 1.82) is 0 Å². The van der Waals surface area contributed by atoms with Gasteiger partial charge in [-0.1, -0.05) is 18.2 Å². The molecule has 162 valence electrons. The number of fused-ring (bicyclic) bond motifs is 2. The number of hydrogen-bond acceptors (Lipinski definition) is 4. The van der Waals surface area contributed by atoms with Crippen LogP contribution in [0, 0.1) is 0 Å². The molecule has 0 aromatic heterocycles. The summed E-state index contributed by atoms with van der Waals surface area (Å²) in [4.78, 5) is 41.8. The Bertz CT molecular complexity index is 1020. The lowest BCUT2D eigenvalue weighted by molar-refractivity contribution is -0.121. The lowest BCUT2D eigenvalue weighted by Crippen LogP contribution is -2.61. The Morgan fingerprint density at radius 3 is 2.48 bits per heavy atom. The zero-order chi connectivity index (χ0) is 22.1. The van der Waals surface area contributed by atoms with Crippen molar-refractivity contribution in [3.8, 4) is 16.9 Å². The smallest absolute Gasteiger partial charge is 0.317 e. The molecule has 1 saturated heterocycles. The minimum absolute atomic E-state index is 0.00393. The highest BCUT2D eigenvalue weighted by Gasteiger charge is 2.40. The second-order valence-electron chi connectivity index (χ2n) is 8.04. The summed E-state index contributed by atoms with van der Waals surface area (Å²) in [6.45, 7) is 4.60. The van der Waals surface area contributed by atoms with E-state index in [1.807, 2.05) is 44.2 Å². The number of urea groups is 1. The Balaban J connectivity index is 1.61. The molecule has 8 heteroatoms. The highest BCUT2D eigenvalue weighted by molar-refractivity contribution is 6.10. The van der Waals surface area contributed by atoms with Gasteiger partial charge >= 0.3 is 6.03 Å². The molecule has 0 spiro atoms. The minimum Gasteiger partial charge on any atom is -0.497 e. The number of hydrogen-bond donors (Lipinski definition) is 2. The lowest BCUT2D eigenvalue weighted by Gasteiger charge is -2.39. The van der Waals surface area contributed by atoms with E-state index in [0.717, 1.165) is 16.9 Å². The second-order valence-corrected chi connectivity index (χ2v) is 8.04. The summed E-state index contributed by atoms with van der Waals surface area (Å²) >= 11 is 0. The quantitative estimate of drug-likeness (QED) is 0.795. The number of ether oxygens (including phenoxy) is 1. The van der Waals surface area contributed by atoms with Crippen LogP contribution in [-0.2, 0) is 4.79 Å². The highest BCUT2D eigenvalue weighted by Crippen LogP contribution is 2.31. The van der Waals surface area contributed by atoms with Crippen LogP contribution in [0.25, 0.3) is 11.1 Å². The lowest BCUT2D eigenvalue weighted by atomic mass is 10.0. The molecule has 0 bridgehead atoms. The number of amides is 4. The average molecular weight is 422 g/mol. The van der Waals surface area contributed by atoms with E-state index in [9.17, 15) is 14.4 Å². The Morgan fingerprint density at radius 1 is 1.10 bits per heavy atom. The third-order valence-electron chi connectivity index (χ3n) is 5.57. The van der Waals surface area contributed by atoms with Crippen LogP contribution in [-0.4, -0.2) is 66.5 Å². The molecule has 8 nitrogen and oxygen atoms in total. The Kier molecular flexibility index (Phi) is 5.54. The van der Waals surface area contributed by atoms with Gasteiger partial charge in [-0.2, -0.15) is 0 Å². The van der Waals surface area contributed by atoms with Gasteiger partial charge in [-0.3, -0.25) is 9.59 Å². The van der Waals surface area contributed by atoms with E-state index < -0.39 is 6.04 Å². The van der Waals surface area contributed by atoms with Crippen LogP contribution in [0.1, 0.15) is 24.2 Å². The monoisotopic (exact) mass is 422 g/mol. The summed E-state index contributed by atoms with van der Waals surface area (Å²) in [5.74, 6) is 0.257. The summed E-state index contributed by atoms with van der Waals surface area (Å²) in [5.41, 5.74) is 2.75. The second kappa shape index (κ2) is 8.29. The molecule has 1 fully saturated rings. The number of carbonyl (C=O) groups excluding carboxylic acids is 3. The fraction of sp³-hybridized carbons (Fsp3) is 0.348. The van der Waals surface area contributed by atoms with Crippen molar-refractivity contribution < 1.29 is 19.1 Å². The molecule has 2 N–H and O–H groups in total. The molecule has 31 heavy (non-hydrogen) atoms. The van der Waals surface area contributed by atoms with E-state index in [4.69, 9.17) is 4.74 Å².